The van der Waals surface area contributed by atoms with Crippen LogP contribution in [0.4, 0.5) is 14.4 Å². The first kappa shape index (κ1) is 69.8. The molecule has 0 bridgehead atoms. The summed E-state index contributed by atoms with van der Waals surface area (Å²) in [6.07, 6.45) is 3.79. The molecule has 26 heteroatoms. The van der Waals surface area contributed by atoms with Gasteiger partial charge in [-0.05, 0) is 108 Å². The van der Waals surface area contributed by atoms with E-state index in [0.717, 1.165) is 19.3 Å². The Morgan fingerprint density at radius 2 is 0.662 bits per heavy atom. The second kappa shape index (κ2) is 34.1. The van der Waals surface area contributed by atoms with Crippen LogP contribution in [0.3, 0.4) is 0 Å². The number of esters is 3. The molecule has 3 saturated carbocycles. The highest BCUT2D eigenvalue weighted by molar-refractivity contribution is 7.43. The van der Waals surface area contributed by atoms with Gasteiger partial charge in [-0.1, -0.05) is 62.3 Å². The molecule has 0 saturated heterocycles. The molecule has 3 aliphatic rings. The normalized spacial score (nSPS) is 25.6. The number of amides is 3. The zero-order valence-corrected chi connectivity index (χ0v) is 48.8. The van der Waals surface area contributed by atoms with Crippen molar-refractivity contribution in [1.82, 2.24) is 16.0 Å². The van der Waals surface area contributed by atoms with Crippen molar-refractivity contribution >= 4 is 53.4 Å². The SMILES string of the molecule is CC1(C)CC(CC(=O)OCCOCCO)CC(C)(CNC(=O)OP(OC(=O)NCC2(C)CC(CC(=O)OCCOCCO)CC(C)(C)C2)OC(=O)NCC2(C)CC(CC(=O)OCCOCCO)CC(C)(C)C2)C1.OP(O)O. The van der Waals surface area contributed by atoms with E-state index in [4.69, 9.17) is 72.0 Å². The summed E-state index contributed by atoms with van der Waals surface area (Å²) >= 11 is 0. The Labute approximate surface area is 457 Å². The molecule has 0 aromatic heterocycles. The van der Waals surface area contributed by atoms with Crippen LogP contribution < -0.4 is 16.0 Å². The minimum absolute atomic E-state index is 0.0409. The third-order valence-electron chi connectivity index (χ3n) is 13.6. The number of aliphatic hydroxyl groups is 3. The zero-order valence-electron chi connectivity index (χ0n) is 47.0. The van der Waals surface area contributed by atoms with Gasteiger partial charge in [0.1, 0.15) is 19.8 Å². The van der Waals surface area contributed by atoms with Gasteiger partial charge in [-0.2, -0.15) is 0 Å². The Morgan fingerprint density at radius 1 is 0.416 bits per heavy atom. The molecule has 24 nitrogen and oxygen atoms in total. The van der Waals surface area contributed by atoms with Crippen molar-refractivity contribution in [3.8, 4) is 0 Å². The Balaban J connectivity index is 0.00000489. The molecular formula is C51H93N3O21P2. The largest absolute Gasteiger partial charge is 0.540 e. The van der Waals surface area contributed by atoms with E-state index in [2.05, 4.69) is 57.5 Å². The average molecular weight is 1150 g/mol. The predicted molar refractivity (Wildman–Crippen MR) is 282 cm³/mol. The van der Waals surface area contributed by atoms with Gasteiger partial charge in [0, 0.05) is 38.9 Å². The number of carbonyl (C=O) groups excluding carboxylic acids is 6. The van der Waals surface area contributed by atoms with Crippen LogP contribution in [-0.4, -0.2) is 165 Å². The summed E-state index contributed by atoms with van der Waals surface area (Å²) in [5, 5.41) is 35.1. The minimum atomic E-state index is -2.96. The molecule has 3 amide bonds. The first-order valence-corrected chi connectivity index (χ1v) is 28.8. The smallest absolute Gasteiger partial charge is 0.463 e. The van der Waals surface area contributed by atoms with Crippen molar-refractivity contribution in [1.29, 1.82) is 0 Å². The van der Waals surface area contributed by atoms with E-state index < -0.39 is 51.7 Å². The van der Waals surface area contributed by atoms with Gasteiger partial charge < -0.3 is 87.9 Å². The van der Waals surface area contributed by atoms with Crippen LogP contribution in [0.5, 0.6) is 0 Å². The highest BCUT2D eigenvalue weighted by Gasteiger charge is 2.45. The maximum absolute atomic E-state index is 13.6. The van der Waals surface area contributed by atoms with Gasteiger partial charge in [-0.3, -0.25) is 14.4 Å². The summed E-state index contributed by atoms with van der Waals surface area (Å²) in [4.78, 5) is 101. The molecule has 3 fully saturated rings. The number of nitrogens with one attached hydrogen (secondary N) is 3. The van der Waals surface area contributed by atoms with Crippen LogP contribution in [-0.2, 0) is 56.4 Å². The van der Waals surface area contributed by atoms with E-state index in [-0.39, 0.29) is 170 Å². The zero-order chi connectivity index (χ0) is 57.9. The fraction of sp³-hybridized carbons (Fsp3) is 0.882. The standard InChI is InChI=1S/C51H90N3O18P.H3O3P/c1-46(2)25-37(22-40(58)67-19-16-64-13-10-55)28-49(7,31-46)34-52-43(61)70-73(71-44(62)53-35-50(8)29-38(26-47(3,4)32-50)23-41(59)68-20-17-65-14-11-56)72-45(63)54-36-51(9)30-39(27-48(5,6)33-51)24-42(60)69-21-18-66-15-12-57;1-4(2)3/h37-39,55-57H,10-36H2,1-9H3,(H,52,61)(H,53,62)(H,54,63);1-3H. The summed E-state index contributed by atoms with van der Waals surface area (Å²) in [6.45, 7) is 19.9. The van der Waals surface area contributed by atoms with Crippen molar-refractivity contribution in [3.05, 3.63) is 0 Å². The molecular weight excluding hydrogens is 1050 g/mol. The molecule has 77 heavy (non-hydrogen) atoms. The van der Waals surface area contributed by atoms with Crippen LogP contribution in [0, 0.1) is 50.2 Å². The van der Waals surface area contributed by atoms with Gasteiger partial charge in [-0.15, -0.1) is 0 Å². The third-order valence-corrected chi connectivity index (χ3v) is 14.5. The summed E-state index contributed by atoms with van der Waals surface area (Å²) in [7, 11) is -5.58. The molecule has 0 heterocycles. The first-order chi connectivity index (χ1) is 35.9. The number of aliphatic hydroxyl groups excluding tert-OH is 3. The van der Waals surface area contributed by atoms with Gasteiger partial charge in [0.05, 0.1) is 59.5 Å². The van der Waals surface area contributed by atoms with Crippen LogP contribution in [0.1, 0.15) is 139 Å². The minimum Gasteiger partial charge on any atom is -0.463 e. The highest BCUT2D eigenvalue weighted by Crippen LogP contribution is 2.52. The maximum Gasteiger partial charge on any atom is 0.540 e. The van der Waals surface area contributed by atoms with E-state index in [1.54, 1.807) is 0 Å². The van der Waals surface area contributed by atoms with Gasteiger partial charge in [0.2, 0.25) is 0 Å². The van der Waals surface area contributed by atoms with Crippen LogP contribution >= 0.6 is 17.2 Å². The molecule has 6 atom stereocenters. The molecule has 448 valence electrons. The number of hydrogen-bond donors (Lipinski definition) is 9. The summed E-state index contributed by atoms with van der Waals surface area (Å²) in [5.41, 5.74) is -1.99. The fourth-order valence-corrected chi connectivity index (χ4v) is 13.3. The Hall–Kier alpha value is -3.28. The molecule has 3 aliphatic carbocycles. The van der Waals surface area contributed by atoms with E-state index >= 15 is 0 Å². The predicted octanol–water partition coefficient (Wildman–Crippen LogP) is 5.91. The topological polar surface area (TPSA) is 343 Å². The maximum atomic E-state index is 13.6. The summed E-state index contributed by atoms with van der Waals surface area (Å²) in [6, 6.07) is 0. The van der Waals surface area contributed by atoms with Gasteiger partial charge in [-0.25, -0.2) is 14.4 Å². The highest BCUT2D eigenvalue weighted by atomic mass is 31.2. The third kappa shape index (κ3) is 31.3. The van der Waals surface area contributed by atoms with Crippen LogP contribution in [0.25, 0.3) is 0 Å². The van der Waals surface area contributed by atoms with Gasteiger partial charge in [0.15, 0.2) is 0 Å². The lowest BCUT2D eigenvalue weighted by Gasteiger charge is -2.46. The lowest BCUT2D eigenvalue weighted by Crippen LogP contribution is -2.45. The number of rotatable bonds is 30. The molecule has 6 unspecified atom stereocenters. The van der Waals surface area contributed by atoms with Crippen molar-refractivity contribution in [3.63, 3.8) is 0 Å². The fourth-order valence-electron chi connectivity index (χ4n) is 12.6. The molecule has 0 aromatic carbocycles. The number of hydrogen-bond acceptors (Lipinski definition) is 21. The molecule has 0 radical (unpaired) electrons. The van der Waals surface area contributed by atoms with E-state index in [9.17, 15) is 28.8 Å². The monoisotopic (exact) mass is 1150 g/mol. The van der Waals surface area contributed by atoms with E-state index in [1.807, 2.05) is 20.8 Å². The molecule has 9 N–H and O–H groups in total. The second-order valence-electron chi connectivity index (χ2n) is 24.2. The van der Waals surface area contributed by atoms with Crippen molar-refractivity contribution in [2.45, 2.75) is 139 Å². The lowest BCUT2D eigenvalue weighted by molar-refractivity contribution is -0.148. The Bertz CT molecular complexity index is 1620. The molecule has 0 aliphatic heterocycles. The van der Waals surface area contributed by atoms with Crippen molar-refractivity contribution < 1.29 is 101 Å². The van der Waals surface area contributed by atoms with Crippen LogP contribution in [0.2, 0.25) is 0 Å². The molecule has 0 spiro atoms. The number of carbonyl (C=O) groups is 6. The summed E-state index contributed by atoms with van der Waals surface area (Å²) < 4.78 is 48.4. The van der Waals surface area contributed by atoms with E-state index in [1.165, 1.54) is 0 Å². The average Bonchev–Trinajstić information content (AvgIpc) is 3.27. The van der Waals surface area contributed by atoms with Crippen molar-refractivity contribution in [2.24, 2.45) is 50.2 Å². The van der Waals surface area contributed by atoms with Gasteiger partial charge in [0.25, 0.3) is 0 Å². The molecule has 3 rings (SSSR count). The summed E-state index contributed by atoms with van der Waals surface area (Å²) in [5.74, 6) is -1.21. The van der Waals surface area contributed by atoms with Gasteiger partial charge >= 0.3 is 53.4 Å². The second-order valence-corrected chi connectivity index (χ2v) is 25.8. The molecule has 0 aromatic rings. The lowest BCUT2D eigenvalue weighted by atomic mass is 9.60. The van der Waals surface area contributed by atoms with Crippen molar-refractivity contribution in [2.75, 3.05) is 98.9 Å². The van der Waals surface area contributed by atoms with Crippen LogP contribution in [0.15, 0.2) is 0 Å². The Morgan fingerprint density at radius 3 is 0.896 bits per heavy atom. The quantitative estimate of drug-likeness (QED) is 0.0175. The Kier molecular flexibility index (Phi) is 30.9. The van der Waals surface area contributed by atoms with E-state index in [0.29, 0.717) is 38.5 Å². The number of ether oxygens (including phenoxy) is 6. The first-order valence-electron chi connectivity index (χ1n) is 26.5.